The number of aromatic nitrogens is 1. The lowest BCUT2D eigenvalue weighted by atomic mass is 10.3. The number of amides is 1. The fourth-order valence-corrected chi connectivity index (χ4v) is 2.27. The van der Waals surface area contributed by atoms with Crippen LogP contribution >= 0.6 is 11.3 Å². The summed E-state index contributed by atoms with van der Waals surface area (Å²) < 4.78 is 10.5. The number of aryl methyl sites for hydroxylation is 1. The van der Waals surface area contributed by atoms with Gasteiger partial charge in [-0.25, -0.2) is 4.98 Å². The van der Waals surface area contributed by atoms with Crippen LogP contribution in [0.2, 0.25) is 0 Å². The molecule has 1 aromatic heterocycles. The van der Waals surface area contributed by atoms with E-state index < -0.39 is 6.10 Å². The molecule has 6 heteroatoms. The molecule has 1 unspecified atom stereocenters. The molecule has 2 heterocycles. The first-order valence-electron chi connectivity index (χ1n) is 5.70. The van der Waals surface area contributed by atoms with Crippen LogP contribution in [0.3, 0.4) is 0 Å². The molecule has 1 aliphatic rings. The maximum Gasteiger partial charge on any atom is 0.251 e. The quantitative estimate of drug-likeness (QED) is 0.863. The second-order valence-corrected chi connectivity index (χ2v) is 4.68. The van der Waals surface area contributed by atoms with E-state index in [0.29, 0.717) is 26.4 Å². The molecule has 0 aliphatic carbocycles. The summed E-state index contributed by atoms with van der Waals surface area (Å²) in [5, 5.41) is 5.87. The molecule has 0 radical (unpaired) electrons. The second-order valence-electron chi connectivity index (χ2n) is 3.74. The Labute approximate surface area is 104 Å². The lowest BCUT2D eigenvalue weighted by molar-refractivity contribution is -0.147. The first-order chi connectivity index (χ1) is 8.29. The summed E-state index contributed by atoms with van der Waals surface area (Å²) in [6.45, 7) is 3.90. The third kappa shape index (κ3) is 3.49. The maximum absolute atomic E-state index is 11.7. The van der Waals surface area contributed by atoms with E-state index >= 15 is 0 Å². The minimum atomic E-state index is -0.479. The molecule has 1 aliphatic heterocycles. The van der Waals surface area contributed by atoms with Gasteiger partial charge >= 0.3 is 0 Å². The summed E-state index contributed by atoms with van der Waals surface area (Å²) in [4.78, 5) is 16.1. The largest absolute Gasteiger partial charge is 0.376 e. The van der Waals surface area contributed by atoms with Crippen molar-refractivity contribution in [3.8, 4) is 0 Å². The first kappa shape index (κ1) is 12.5. The highest BCUT2D eigenvalue weighted by Gasteiger charge is 2.22. The molecule has 0 spiro atoms. The molecule has 1 amide bonds. The molecule has 0 bridgehead atoms. The number of carbonyl (C=O) groups is 1. The topological polar surface area (TPSA) is 60.5 Å². The van der Waals surface area contributed by atoms with Gasteiger partial charge in [0, 0.05) is 5.38 Å². The van der Waals surface area contributed by atoms with E-state index in [1.165, 1.54) is 0 Å². The molecule has 1 fully saturated rings. The number of nitrogens with one attached hydrogen (secondary N) is 1. The highest BCUT2D eigenvalue weighted by atomic mass is 32.1. The van der Waals surface area contributed by atoms with Gasteiger partial charge in [-0.15, -0.1) is 11.3 Å². The van der Waals surface area contributed by atoms with Crippen LogP contribution in [0.15, 0.2) is 5.38 Å². The van der Waals surface area contributed by atoms with E-state index in [9.17, 15) is 4.79 Å². The first-order valence-corrected chi connectivity index (χ1v) is 6.58. The minimum absolute atomic E-state index is 0.129. The van der Waals surface area contributed by atoms with Crippen molar-refractivity contribution in [1.29, 1.82) is 0 Å². The van der Waals surface area contributed by atoms with E-state index in [-0.39, 0.29) is 5.91 Å². The average molecular weight is 256 g/mol. The lowest BCUT2D eigenvalue weighted by Gasteiger charge is -2.21. The Balaban J connectivity index is 1.78. The second kappa shape index (κ2) is 6.09. The summed E-state index contributed by atoms with van der Waals surface area (Å²) in [5.74, 6) is -0.129. The van der Waals surface area contributed by atoms with Gasteiger partial charge in [0.25, 0.3) is 5.91 Å². The molecular formula is C11H16N2O3S. The number of rotatable bonds is 4. The number of hydrogen-bond acceptors (Lipinski definition) is 5. The van der Waals surface area contributed by atoms with Crippen molar-refractivity contribution in [2.24, 2.45) is 0 Å². The number of carbonyl (C=O) groups excluding carboxylic acids is 1. The molecule has 1 N–H and O–H groups in total. The monoisotopic (exact) mass is 256 g/mol. The van der Waals surface area contributed by atoms with E-state index in [1.807, 2.05) is 5.38 Å². The molecule has 94 valence electrons. The van der Waals surface area contributed by atoms with Crippen LogP contribution in [0.4, 0.5) is 0 Å². The van der Waals surface area contributed by atoms with Gasteiger partial charge < -0.3 is 14.8 Å². The Bertz CT molecular complexity index is 375. The molecule has 1 saturated heterocycles. The van der Waals surface area contributed by atoms with Crippen molar-refractivity contribution in [2.75, 3.05) is 19.8 Å². The van der Waals surface area contributed by atoms with Crippen LogP contribution in [-0.4, -0.2) is 36.8 Å². The van der Waals surface area contributed by atoms with E-state index in [1.54, 1.807) is 11.3 Å². The third-order valence-electron chi connectivity index (χ3n) is 2.45. The summed E-state index contributed by atoms with van der Waals surface area (Å²) >= 11 is 1.62. The highest BCUT2D eigenvalue weighted by Crippen LogP contribution is 2.10. The molecule has 2 rings (SSSR count). The Morgan fingerprint density at radius 2 is 2.53 bits per heavy atom. The standard InChI is InChI=1S/C11H16N2O3S/c1-2-10-13-8(7-17-10)5-12-11(14)9-6-15-3-4-16-9/h7,9H,2-6H2,1H3,(H,12,14). The number of ether oxygens (including phenoxy) is 2. The van der Waals surface area contributed by atoms with Gasteiger partial charge in [0.1, 0.15) is 0 Å². The molecule has 0 saturated carbocycles. The van der Waals surface area contributed by atoms with Gasteiger partial charge in [-0.2, -0.15) is 0 Å². The van der Waals surface area contributed by atoms with Crippen LogP contribution in [-0.2, 0) is 27.2 Å². The van der Waals surface area contributed by atoms with Crippen molar-refractivity contribution >= 4 is 17.2 Å². The molecule has 5 nitrogen and oxygen atoms in total. The summed E-state index contributed by atoms with van der Waals surface area (Å²) in [6.07, 6.45) is 0.450. The van der Waals surface area contributed by atoms with Crippen molar-refractivity contribution in [2.45, 2.75) is 26.0 Å². The molecule has 17 heavy (non-hydrogen) atoms. The van der Waals surface area contributed by atoms with E-state index in [4.69, 9.17) is 9.47 Å². The minimum Gasteiger partial charge on any atom is -0.376 e. The SMILES string of the molecule is CCc1nc(CNC(=O)C2COCCO2)cs1. The lowest BCUT2D eigenvalue weighted by Crippen LogP contribution is -2.42. The van der Waals surface area contributed by atoms with Gasteiger partial charge in [-0.3, -0.25) is 4.79 Å². The molecule has 1 atom stereocenters. The number of hydrogen-bond donors (Lipinski definition) is 1. The summed E-state index contributed by atoms with van der Waals surface area (Å²) in [7, 11) is 0. The van der Waals surface area contributed by atoms with Crippen LogP contribution in [0.1, 0.15) is 17.6 Å². The van der Waals surface area contributed by atoms with Gasteiger partial charge in [0.15, 0.2) is 6.10 Å². The van der Waals surface area contributed by atoms with Crippen molar-refractivity contribution in [3.05, 3.63) is 16.1 Å². The van der Waals surface area contributed by atoms with Gasteiger partial charge in [0.2, 0.25) is 0 Å². The Hall–Kier alpha value is -0.980. The van der Waals surface area contributed by atoms with Crippen molar-refractivity contribution in [1.82, 2.24) is 10.3 Å². The van der Waals surface area contributed by atoms with E-state index in [2.05, 4.69) is 17.2 Å². The molecular weight excluding hydrogens is 240 g/mol. The van der Waals surface area contributed by atoms with Gasteiger partial charge in [0.05, 0.1) is 37.1 Å². The molecule has 1 aromatic rings. The van der Waals surface area contributed by atoms with Crippen LogP contribution < -0.4 is 5.32 Å². The predicted octanol–water partition coefficient (Wildman–Crippen LogP) is 0.737. The fourth-order valence-electron chi connectivity index (χ4n) is 1.52. The zero-order valence-electron chi connectivity index (χ0n) is 9.77. The van der Waals surface area contributed by atoms with Crippen LogP contribution in [0, 0.1) is 0 Å². The molecule has 0 aromatic carbocycles. The van der Waals surface area contributed by atoms with Crippen molar-refractivity contribution < 1.29 is 14.3 Å². The predicted molar refractivity (Wildman–Crippen MR) is 63.9 cm³/mol. The zero-order valence-corrected chi connectivity index (χ0v) is 10.6. The van der Waals surface area contributed by atoms with Gasteiger partial charge in [-0.05, 0) is 6.42 Å². The summed E-state index contributed by atoms with van der Waals surface area (Å²) in [5.41, 5.74) is 0.900. The Kier molecular flexibility index (Phi) is 4.47. The smallest absolute Gasteiger partial charge is 0.251 e. The summed E-state index contributed by atoms with van der Waals surface area (Å²) in [6, 6.07) is 0. The number of nitrogens with zero attached hydrogens (tertiary/aromatic N) is 1. The normalized spacial score (nSPS) is 20.2. The van der Waals surface area contributed by atoms with Crippen LogP contribution in [0.25, 0.3) is 0 Å². The third-order valence-corrected chi connectivity index (χ3v) is 3.50. The van der Waals surface area contributed by atoms with Crippen LogP contribution in [0.5, 0.6) is 0 Å². The Morgan fingerprint density at radius 1 is 1.65 bits per heavy atom. The van der Waals surface area contributed by atoms with Gasteiger partial charge in [-0.1, -0.05) is 6.92 Å². The fraction of sp³-hybridized carbons (Fsp3) is 0.636. The highest BCUT2D eigenvalue weighted by molar-refractivity contribution is 7.09. The zero-order chi connectivity index (χ0) is 12.1. The van der Waals surface area contributed by atoms with E-state index in [0.717, 1.165) is 17.1 Å². The average Bonchev–Trinajstić information content (AvgIpc) is 2.85. The maximum atomic E-state index is 11.7. The van der Waals surface area contributed by atoms with Crippen molar-refractivity contribution in [3.63, 3.8) is 0 Å². The number of thiazole rings is 1. The Morgan fingerprint density at radius 3 is 3.18 bits per heavy atom.